The molecule has 1 amide bonds. The topological polar surface area (TPSA) is 133 Å². The summed E-state index contributed by atoms with van der Waals surface area (Å²) in [7, 11) is -5.14. The summed E-state index contributed by atoms with van der Waals surface area (Å²) in [4.78, 5) is 38.3. The normalized spacial score (nSPS) is 28.9. The molecular weight excluding hydrogens is 544 g/mol. The Balaban J connectivity index is 0.000000656. The van der Waals surface area contributed by atoms with Crippen molar-refractivity contribution < 1.29 is 33.9 Å². The minimum absolute atomic E-state index is 0. The molecule has 5 atom stereocenters. The SMILES string of the molecule is C[C@]12CC[C@@H]3c4ccc(OC(=O)N(CCCl)CCCl)cc4CC[C@H]3[C@@H]1CC[C@@H]2O.O=P([O-])([O-])O.[Ca+2]. The van der Waals surface area contributed by atoms with Gasteiger partial charge in [0.1, 0.15) is 5.75 Å². The number of nitrogens with zero attached hydrogens (tertiary/aromatic N) is 1. The van der Waals surface area contributed by atoms with Crippen LogP contribution in [0.1, 0.15) is 56.1 Å². The Hall–Kier alpha value is 0.400. The first kappa shape index (κ1) is 31.6. The van der Waals surface area contributed by atoms with Gasteiger partial charge in [0, 0.05) is 24.8 Å². The van der Waals surface area contributed by atoms with E-state index in [2.05, 4.69) is 13.0 Å². The third-order valence-corrected chi connectivity index (χ3v) is 8.16. The number of ether oxygens (including phenoxy) is 1. The number of aryl methyl sites for hydroxylation is 1. The van der Waals surface area contributed by atoms with Crippen LogP contribution in [0.4, 0.5) is 4.79 Å². The zero-order valence-corrected chi connectivity index (χ0v) is 24.5. The Morgan fingerprint density at radius 1 is 1.20 bits per heavy atom. The fourth-order valence-electron chi connectivity index (χ4n) is 6.26. The standard InChI is InChI=1S/C23H31Cl2NO3.Ca.H3O4P/c1-23-9-8-18-17-5-3-16(29-22(28)26(12-10-24)13-11-25)14-15(17)2-4-19(18)20(23)6-7-21(23)27;;1-5(2,3)4/h3,5,14,18-21,27H,2,4,6-13H2,1H3;;(H3,1,2,3,4)/q;+2;/p-2/t18-,19-,20+,21+,23+;;/m1../s1. The van der Waals surface area contributed by atoms with Gasteiger partial charge in [-0.3, -0.25) is 0 Å². The van der Waals surface area contributed by atoms with E-state index in [0.29, 0.717) is 48.4 Å². The van der Waals surface area contributed by atoms with Crippen molar-refractivity contribution in [2.75, 3.05) is 24.8 Å². The number of halogens is 2. The molecule has 2 fully saturated rings. The summed E-state index contributed by atoms with van der Waals surface area (Å²) in [5.74, 6) is 3.16. The third-order valence-electron chi connectivity index (χ3n) is 7.82. The maximum atomic E-state index is 12.4. The molecule has 0 aliphatic heterocycles. The van der Waals surface area contributed by atoms with E-state index in [9.17, 15) is 9.90 Å². The number of aliphatic hydroxyl groups is 1. The van der Waals surface area contributed by atoms with E-state index in [0.717, 1.165) is 38.5 Å². The van der Waals surface area contributed by atoms with Crippen molar-refractivity contribution in [3.8, 4) is 5.75 Å². The number of fused-ring (bicyclic) bond motifs is 5. The Bertz CT molecular complexity index is 906. The monoisotopic (exact) mass is 575 g/mol. The van der Waals surface area contributed by atoms with Crippen molar-refractivity contribution in [3.63, 3.8) is 0 Å². The zero-order chi connectivity index (χ0) is 25.1. The Labute approximate surface area is 246 Å². The van der Waals surface area contributed by atoms with Gasteiger partial charge in [0.25, 0.3) is 0 Å². The number of hydrogen-bond acceptors (Lipinski definition) is 6. The second-order valence-corrected chi connectivity index (χ2v) is 11.3. The summed E-state index contributed by atoms with van der Waals surface area (Å²) >= 11 is 11.6. The molecule has 35 heavy (non-hydrogen) atoms. The van der Waals surface area contributed by atoms with Gasteiger partial charge in [-0.2, -0.15) is 0 Å². The molecule has 3 aliphatic carbocycles. The van der Waals surface area contributed by atoms with Gasteiger partial charge in [0.2, 0.25) is 0 Å². The number of carbonyl (C=O) groups is 1. The molecule has 0 saturated heterocycles. The van der Waals surface area contributed by atoms with Crippen LogP contribution in [0.15, 0.2) is 18.2 Å². The maximum Gasteiger partial charge on any atom is 2.00 e. The molecule has 1 aromatic carbocycles. The number of hydrogen-bond donors (Lipinski definition) is 2. The van der Waals surface area contributed by atoms with Crippen LogP contribution in [0.2, 0.25) is 0 Å². The molecule has 2 N–H and O–H groups in total. The first-order valence-electron chi connectivity index (χ1n) is 11.6. The van der Waals surface area contributed by atoms with Gasteiger partial charge in [0.05, 0.1) is 13.9 Å². The Morgan fingerprint density at radius 2 is 1.83 bits per heavy atom. The molecule has 0 radical (unpaired) electrons. The smallest absolute Gasteiger partial charge is 0.790 e. The summed E-state index contributed by atoms with van der Waals surface area (Å²) in [5, 5.41) is 10.5. The van der Waals surface area contributed by atoms with Crippen molar-refractivity contribution in [1.82, 2.24) is 4.90 Å². The van der Waals surface area contributed by atoms with Crippen molar-refractivity contribution in [2.45, 2.75) is 57.5 Å². The minimum Gasteiger partial charge on any atom is -0.790 e. The predicted octanol–water partition coefficient (Wildman–Crippen LogP) is 2.61. The van der Waals surface area contributed by atoms with Crippen LogP contribution in [-0.2, 0) is 11.0 Å². The molecule has 3 aliphatic rings. The van der Waals surface area contributed by atoms with Crippen LogP contribution < -0.4 is 14.5 Å². The van der Waals surface area contributed by atoms with Crippen LogP contribution in [0.25, 0.3) is 0 Å². The van der Waals surface area contributed by atoms with Gasteiger partial charge in [0.15, 0.2) is 0 Å². The maximum absolute atomic E-state index is 12.4. The molecule has 1 aromatic rings. The fourth-order valence-corrected chi connectivity index (χ4v) is 6.67. The van der Waals surface area contributed by atoms with Gasteiger partial charge >= 0.3 is 43.8 Å². The predicted molar refractivity (Wildman–Crippen MR) is 132 cm³/mol. The fraction of sp³-hybridized carbons (Fsp3) is 0.696. The van der Waals surface area contributed by atoms with Crippen LogP contribution in [0, 0.1) is 17.3 Å². The number of benzene rings is 1. The summed E-state index contributed by atoms with van der Waals surface area (Å²) in [6.45, 7) is 3.15. The molecular formula is C23H32CaCl2NO7P. The summed E-state index contributed by atoms with van der Waals surface area (Å²) < 4.78 is 14.3. The minimum atomic E-state index is -5.14. The van der Waals surface area contributed by atoms with E-state index in [1.54, 1.807) is 4.90 Å². The number of carbonyl (C=O) groups excluding carboxylic acids is 1. The van der Waals surface area contributed by atoms with E-state index in [4.69, 9.17) is 47.2 Å². The average molecular weight is 576 g/mol. The van der Waals surface area contributed by atoms with Crippen molar-refractivity contribution in [2.24, 2.45) is 17.3 Å². The Morgan fingerprint density at radius 3 is 2.43 bits per heavy atom. The number of rotatable bonds is 5. The number of amides is 1. The van der Waals surface area contributed by atoms with Crippen molar-refractivity contribution >= 4 is 74.9 Å². The van der Waals surface area contributed by atoms with E-state index in [1.807, 2.05) is 12.1 Å². The van der Waals surface area contributed by atoms with Crippen molar-refractivity contribution in [1.29, 1.82) is 0 Å². The van der Waals surface area contributed by atoms with Crippen LogP contribution >= 0.6 is 31.0 Å². The van der Waals surface area contributed by atoms with E-state index in [-0.39, 0.29) is 49.3 Å². The zero-order valence-electron chi connectivity index (χ0n) is 19.9. The van der Waals surface area contributed by atoms with Crippen LogP contribution in [-0.4, -0.2) is 89.7 Å². The molecule has 192 valence electrons. The molecule has 0 spiro atoms. The van der Waals surface area contributed by atoms with E-state index >= 15 is 0 Å². The molecule has 12 heteroatoms. The molecule has 4 rings (SSSR count). The van der Waals surface area contributed by atoms with Crippen molar-refractivity contribution in [3.05, 3.63) is 29.3 Å². The van der Waals surface area contributed by atoms with Gasteiger partial charge in [-0.25, -0.2) is 4.79 Å². The third kappa shape index (κ3) is 7.95. The number of alkyl halides is 2. The number of aliphatic hydroxyl groups excluding tert-OH is 1. The van der Waals surface area contributed by atoms with E-state index in [1.165, 1.54) is 11.1 Å². The second-order valence-electron chi connectivity index (χ2n) is 9.62. The summed E-state index contributed by atoms with van der Waals surface area (Å²) in [6.07, 6.45) is 5.98. The molecule has 2 saturated carbocycles. The van der Waals surface area contributed by atoms with Crippen LogP contribution in [0.3, 0.4) is 0 Å². The second kappa shape index (κ2) is 13.5. The number of phosphoric acid groups is 1. The molecule has 0 heterocycles. The van der Waals surface area contributed by atoms with Crippen LogP contribution in [0.5, 0.6) is 5.75 Å². The molecule has 0 unspecified atom stereocenters. The largest absolute Gasteiger partial charge is 2.00 e. The van der Waals surface area contributed by atoms with Gasteiger partial charge in [-0.1, -0.05) is 13.0 Å². The molecule has 0 bridgehead atoms. The quantitative estimate of drug-likeness (QED) is 0.313. The molecule has 0 aromatic heterocycles. The Kier molecular flexibility index (Phi) is 12.2. The summed E-state index contributed by atoms with van der Waals surface area (Å²) in [6, 6.07) is 6.13. The average Bonchev–Trinajstić information content (AvgIpc) is 3.06. The first-order valence-corrected chi connectivity index (χ1v) is 14.2. The van der Waals surface area contributed by atoms with Gasteiger partial charge in [-0.05, 0) is 85.0 Å². The van der Waals surface area contributed by atoms with Gasteiger partial charge < -0.3 is 34.0 Å². The molecule has 8 nitrogen and oxygen atoms in total. The first-order chi connectivity index (χ1) is 16.0. The summed E-state index contributed by atoms with van der Waals surface area (Å²) in [5.41, 5.74) is 2.82. The van der Waals surface area contributed by atoms with Gasteiger partial charge in [-0.15, -0.1) is 23.2 Å². The van der Waals surface area contributed by atoms with E-state index < -0.39 is 13.9 Å².